The van der Waals surface area contributed by atoms with E-state index >= 15 is 0 Å². The van der Waals surface area contributed by atoms with Crippen molar-refractivity contribution in [1.82, 2.24) is 9.88 Å². The van der Waals surface area contributed by atoms with E-state index in [1.807, 2.05) is 50.3 Å². The second kappa shape index (κ2) is 17.3. The Morgan fingerprint density at radius 2 is 1.36 bits per heavy atom. The maximum absolute atomic E-state index is 6.46. The Labute approximate surface area is 331 Å². The number of benzene rings is 6. The number of nitrogens with zero attached hydrogens (tertiary/aromatic N) is 3. The van der Waals surface area contributed by atoms with E-state index in [4.69, 9.17) is 15.7 Å². The predicted molar refractivity (Wildman–Crippen MR) is 238 cm³/mol. The molecule has 2 heterocycles. The van der Waals surface area contributed by atoms with Gasteiger partial charge in [-0.15, -0.1) is 0 Å². The third kappa shape index (κ3) is 6.94. The first-order valence-corrected chi connectivity index (χ1v) is 19.5. The van der Waals surface area contributed by atoms with Gasteiger partial charge in [-0.25, -0.2) is 0 Å². The Morgan fingerprint density at radius 1 is 0.768 bits per heavy atom. The predicted octanol–water partition coefficient (Wildman–Crippen LogP) is 11.6. The molecule has 1 aliphatic heterocycles. The first-order chi connectivity index (χ1) is 27.6. The third-order valence-electron chi connectivity index (χ3n) is 10.4. The fourth-order valence-corrected chi connectivity index (χ4v) is 8.11. The maximum atomic E-state index is 6.46. The van der Waals surface area contributed by atoms with Crippen LogP contribution in [0.2, 0.25) is 0 Å². The summed E-state index contributed by atoms with van der Waals surface area (Å²) in [6.07, 6.45) is 8.17. The molecule has 6 aromatic carbocycles. The second-order valence-corrected chi connectivity index (χ2v) is 13.5. The monoisotopic (exact) mass is 731 g/mol. The van der Waals surface area contributed by atoms with E-state index in [-0.39, 0.29) is 6.04 Å². The summed E-state index contributed by atoms with van der Waals surface area (Å²) in [7, 11) is 0. The molecular weight excluding hydrogens is 683 g/mol. The van der Waals surface area contributed by atoms with Crippen LogP contribution in [0.25, 0.3) is 21.8 Å². The van der Waals surface area contributed by atoms with Crippen molar-refractivity contribution in [2.24, 2.45) is 15.7 Å². The normalized spacial score (nSPS) is 14.3. The van der Waals surface area contributed by atoms with Crippen molar-refractivity contribution in [3.8, 4) is 0 Å². The first-order valence-electron chi connectivity index (χ1n) is 19.5. The molecule has 8 rings (SSSR count). The van der Waals surface area contributed by atoms with Gasteiger partial charge in [0.1, 0.15) is 5.84 Å². The Bertz CT molecular complexity index is 2500. The Morgan fingerprint density at radius 3 is 1.98 bits per heavy atom. The summed E-state index contributed by atoms with van der Waals surface area (Å²) >= 11 is 0. The van der Waals surface area contributed by atoms with Gasteiger partial charge in [0.15, 0.2) is 0 Å². The molecule has 5 nitrogen and oxygen atoms in total. The van der Waals surface area contributed by atoms with Crippen LogP contribution in [-0.4, -0.2) is 22.8 Å². The number of para-hydroxylation sites is 1. The van der Waals surface area contributed by atoms with Crippen LogP contribution in [-0.2, 0) is 12.0 Å². The van der Waals surface area contributed by atoms with Gasteiger partial charge in [0, 0.05) is 34.0 Å². The van der Waals surface area contributed by atoms with Crippen LogP contribution in [0.1, 0.15) is 54.6 Å². The number of hydrogen-bond acceptors (Lipinski definition) is 3. The molecule has 0 fully saturated rings. The minimum absolute atomic E-state index is 0.0859. The van der Waals surface area contributed by atoms with Crippen LogP contribution in [0.15, 0.2) is 204 Å². The number of nitrogens with one attached hydrogen (secondary N) is 1. The van der Waals surface area contributed by atoms with Gasteiger partial charge >= 0.3 is 0 Å². The Balaban J connectivity index is 0.00000237. The first kappa shape index (κ1) is 37.7. The van der Waals surface area contributed by atoms with Gasteiger partial charge in [-0.1, -0.05) is 190 Å². The molecule has 56 heavy (non-hydrogen) atoms. The molecule has 0 radical (unpaired) electrons. The number of allylic oxidation sites excluding steroid dienone is 5. The summed E-state index contributed by atoms with van der Waals surface area (Å²) in [6.45, 7) is 11.2. The lowest BCUT2D eigenvalue weighted by Crippen LogP contribution is -2.37. The fourth-order valence-electron chi connectivity index (χ4n) is 8.11. The maximum Gasteiger partial charge on any atom is 0.127 e. The molecule has 1 atom stereocenters. The van der Waals surface area contributed by atoms with Crippen LogP contribution < -0.4 is 11.1 Å². The highest BCUT2D eigenvalue weighted by Crippen LogP contribution is 2.54. The van der Waals surface area contributed by atoms with Gasteiger partial charge in [0.25, 0.3) is 0 Å². The van der Waals surface area contributed by atoms with Crippen LogP contribution in [0.5, 0.6) is 0 Å². The number of fused-ring (bicyclic) bond motifs is 5. The highest BCUT2D eigenvalue weighted by molar-refractivity contribution is 6.22. The molecule has 278 valence electrons. The molecule has 0 saturated carbocycles. The zero-order valence-electron chi connectivity index (χ0n) is 32.4. The van der Waals surface area contributed by atoms with E-state index in [9.17, 15) is 0 Å². The van der Waals surface area contributed by atoms with Crippen molar-refractivity contribution >= 4 is 39.0 Å². The largest absolute Gasteiger partial charge is 0.383 e. The number of amidine groups is 1. The van der Waals surface area contributed by atoms with Crippen molar-refractivity contribution in [3.05, 3.63) is 222 Å². The molecule has 0 spiro atoms. The summed E-state index contributed by atoms with van der Waals surface area (Å²) < 4.78 is 2.50. The van der Waals surface area contributed by atoms with Gasteiger partial charge in [-0.2, -0.15) is 0 Å². The summed E-state index contributed by atoms with van der Waals surface area (Å²) in [5.74, 6) is 0.509. The molecule has 3 N–H and O–H groups in total. The average Bonchev–Trinajstić information content (AvgIpc) is 3.78. The summed E-state index contributed by atoms with van der Waals surface area (Å²) in [5.41, 5.74) is 16.6. The Kier molecular flexibility index (Phi) is 11.6. The number of hydrogen-bond donors (Lipinski definition) is 2. The van der Waals surface area contributed by atoms with Gasteiger partial charge in [0.2, 0.25) is 0 Å². The Hall–Kier alpha value is -6.56. The molecule has 0 saturated heterocycles. The van der Waals surface area contributed by atoms with E-state index in [1.54, 1.807) is 0 Å². The standard InChI is InChI=1S/C49H43N5.C2H6/c1-3-19-36(20-4-2)47-49(38-25-13-7-14-26-38,39-27-15-8-16-28-39)45-42(53-47)32-31-41-40-29-17-18-30-44(40)54(46(41)45)33-43(35-21-9-5-10-22-35)51-34-52-48(50)37-23-11-6-12-24-37;1-2/h3-32,43,51H,1,33-34H2,2H3,(H2,50,52);1-2H3/b20-4-,36-19+;. The molecule has 1 unspecified atom stereocenters. The third-order valence-corrected chi connectivity index (χ3v) is 10.4. The smallest absolute Gasteiger partial charge is 0.127 e. The van der Waals surface area contributed by atoms with Crippen LogP contribution >= 0.6 is 0 Å². The van der Waals surface area contributed by atoms with E-state index in [0.29, 0.717) is 19.0 Å². The number of nitrogens with two attached hydrogens (primary N) is 1. The molecule has 0 aliphatic carbocycles. The number of aliphatic imine (C=N–C) groups is 2. The van der Waals surface area contributed by atoms with Crippen molar-refractivity contribution in [2.75, 3.05) is 6.67 Å². The van der Waals surface area contributed by atoms with Crippen LogP contribution in [0.4, 0.5) is 5.69 Å². The highest BCUT2D eigenvalue weighted by atomic mass is 15.1. The average molecular weight is 732 g/mol. The van der Waals surface area contributed by atoms with Gasteiger partial charge < -0.3 is 10.3 Å². The zero-order valence-corrected chi connectivity index (χ0v) is 32.4. The van der Waals surface area contributed by atoms with Crippen molar-refractivity contribution in [2.45, 2.75) is 38.8 Å². The SMILES string of the molecule is C=C/C=C(\C=C/C)C1=Nc2ccc3c4ccccc4n(CC(NC/N=C(\N)c4ccccc4)c4ccccc4)c3c2C1(c1ccccc1)c1ccccc1.CC. The van der Waals surface area contributed by atoms with E-state index < -0.39 is 5.41 Å². The molecular formula is C51H49N5. The number of rotatable bonds is 12. The lowest BCUT2D eigenvalue weighted by Gasteiger charge is -2.35. The fraction of sp³-hybridized carbons (Fsp3) is 0.137. The number of aromatic nitrogens is 1. The molecule has 0 bridgehead atoms. The molecule has 5 heteroatoms. The van der Waals surface area contributed by atoms with Crippen LogP contribution in [0, 0.1) is 0 Å². The van der Waals surface area contributed by atoms with Gasteiger partial charge in [-0.3, -0.25) is 15.3 Å². The molecule has 1 aromatic heterocycles. The van der Waals surface area contributed by atoms with E-state index in [0.717, 1.165) is 44.7 Å². The lowest BCUT2D eigenvalue weighted by molar-refractivity contribution is 0.484. The lowest BCUT2D eigenvalue weighted by atomic mass is 9.65. The van der Waals surface area contributed by atoms with Crippen molar-refractivity contribution < 1.29 is 0 Å². The zero-order chi connectivity index (χ0) is 38.9. The quantitative estimate of drug-likeness (QED) is 0.0746. The minimum Gasteiger partial charge on any atom is -0.383 e. The minimum atomic E-state index is -0.734. The summed E-state index contributed by atoms with van der Waals surface area (Å²) in [5, 5.41) is 6.16. The molecule has 1 aliphatic rings. The molecule has 7 aromatic rings. The van der Waals surface area contributed by atoms with Gasteiger partial charge in [0.05, 0.1) is 35.0 Å². The molecule has 0 amide bonds. The van der Waals surface area contributed by atoms with E-state index in [1.165, 1.54) is 21.9 Å². The van der Waals surface area contributed by atoms with Crippen molar-refractivity contribution in [1.29, 1.82) is 0 Å². The summed E-state index contributed by atoms with van der Waals surface area (Å²) in [4.78, 5) is 10.4. The van der Waals surface area contributed by atoms with Crippen LogP contribution in [0.3, 0.4) is 0 Å². The second-order valence-electron chi connectivity index (χ2n) is 13.5. The summed E-state index contributed by atoms with van der Waals surface area (Å²) in [6, 6.07) is 55.3. The highest BCUT2D eigenvalue weighted by Gasteiger charge is 2.49. The topological polar surface area (TPSA) is 67.7 Å². The van der Waals surface area contributed by atoms with Gasteiger partial charge in [-0.05, 0) is 41.3 Å². The van der Waals surface area contributed by atoms with Crippen molar-refractivity contribution in [3.63, 3.8) is 0 Å². The van der Waals surface area contributed by atoms with E-state index in [2.05, 4.69) is 169 Å².